The van der Waals surface area contributed by atoms with Crippen molar-refractivity contribution in [1.82, 2.24) is 5.32 Å². The van der Waals surface area contributed by atoms with Crippen LogP contribution in [0.5, 0.6) is 0 Å². The molecule has 0 saturated heterocycles. The van der Waals surface area contributed by atoms with Crippen LogP contribution in [0.4, 0.5) is 0 Å². The van der Waals surface area contributed by atoms with E-state index in [9.17, 15) is 0 Å². The molecule has 2 atom stereocenters. The first kappa shape index (κ1) is 13.9. The fraction of sp³-hybridized carbons (Fsp3) is 0.923. The van der Waals surface area contributed by atoms with Crippen molar-refractivity contribution in [2.45, 2.75) is 70.6 Å². The van der Waals surface area contributed by atoms with E-state index in [0.717, 1.165) is 11.8 Å². The van der Waals surface area contributed by atoms with Crippen molar-refractivity contribution >= 4 is 16.9 Å². The van der Waals surface area contributed by atoms with Gasteiger partial charge in [-0.25, -0.2) is 0 Å². The molecule has 0 bridgehead atoms. The number of rotatable bonds is 7. The number of thioether (sulfide) groups is 1. The fourth-order valence-electron chi connectivity index (χ4n) is 1.95. The maximum Gasteiger partial charge on any atom is 0.157 e. The lowest BCUT2D eigenvalue weighted by atomic mass is 10.1. The second-order valence-electron chi connectivity index (χ2n) is 4.72. The van der Waals surface area contributed by atoms with E-state index in [2.05, 4.69) is 31.1 Å². The van der Waals surface area contributed by atoms with Gasteiger partial charge in [-0.2, -0.15) is 0 Å². The summed E-state index contributed by atoms with van der Waals surface area (Å²) in [5.74, 6) is 0. The summed E-state index contributed by atoms with van der Waals surface area (Å²) in [5.41, 5.74) is 0. The van der Waals surface area contributed by atoms with Gasteiger partial charge in [-0.05, 0) is 19.8 Å². The van der Waals surface area contributed by atoms with Gasteiger partial charge in [-0.15, -0.1) is 0 Å². The van der Waals surface area contributed by atoms with Crippen LogP contribution in [-0.4, -0.2) is 23.0 Å². The molecular formula is C13H26N2S. The first-order valence-electron chi connectivity index (χ1n) is 6.73. The summed E-state index contributed by atoms with van der Waals surface area (Å²) in [6.45, 7) is 7.79. The van der Waals surface area contributed by atoms with Crippen LogP contribution in [0.25, 0.3) is 0 Å². The van der Waals surface area contributed by atoms with Crippen molar-refractivity contribution < 1.29 is 0 Å². The molecular weight excluding hydrogens is 216 g/mol. The quantitative estimate of drug-likeness (QED) is 0.686. The minimum absolute atomic E-state index is 0.582. The van der Waals surface area contributed by atoms with Crippen LogP contribution in [0.3, 0.4) is 0 Å². The summed E-state index contributed by atoms with van der Waals surface area (Å²) in [6.07, 6.45) is 7.83. The van der Waals surface area contributed by atoms with Crippen molar-refractivity contribution in [3.63, 3.8) is 0 Å². The van der Waals surface area contributed by atoms with Gasteiger partial charge in [0.25, 0.3) is 0 Å². The van der Waals surface area contributed by atoms with Gasteiger partial charge in [0.2, 0.25) is 0 Å². The van der Waals surface area contributed by atoms with Crippen LogP contribution in [0.1, 0.15) is 59.3 Å². The molecule has 1 heterocycles. The van der Waals surface area contributed by atoms with Gasteiger partial charge in [-0.1, -0.05) is 51.3 Å². The topological polar surface area (TPSA) is 24.4 Å². The Morgan fingerprint density at radius 1 is 1.38 bits per heavy atom. The molecule has 1 aliphatic heterocycles. The Morgan fingerprint density at radius 2 is 2.19 bits per heavy atom. The summed E-state index contributed by atoms with van der Waals surface area (Å²) in [4.78, 5) is 4.57. The highest BCUT2D eigenvalue weighted by molar-refractivity contribution is 8.14. The Bertz CT molecular complexity index is 216. The molecule has 0 aliphatic carbocycles. The summed E-state index contributed by atoms with van der Waals surface area (Å²) < 4.78 is 0. The van der Waals surface area contributed by atoms with Gasteiger partial charge in [0.05, 0.1) is 6.54 Å². The van der Waals surface area contributed by atoms with Crippen LogP contribution in [0.2, 0.25) is 0 Å². The first-order chi connectivity index (χ1) is 7.76. The number of unbranched alkanes of at least 4 members (excludes halogenated alkanes) is 2. The van der Waals surface area contributed by atoms with E-state index in [0.29, 0.717) is 6.04 Å². The zero-order chi connectivity index (χ0) is 11.8. The summed E-state index contributed by atoms with van der Waals surface area (Å²) in [5, 5.41) is 5.45. The average Bonchev–Trinajstić information content (AvgIpc) is 2.66. The zero-order valence-corrected chi connectivity index (χ0v) is 11.8. The molecule has 94 valence electrons. The predicted octanol–water partition coefficient (Wildman–Crippen LogP) is 3.82. The summed E-state index contributed by atoms with van der Waals surface area (Å²) >= 11 is 1.94. The summed E-state index contributed by atoms with van der Waals surface area (Å²) in [7, 11) is 0. The fourth-order valence-corrected chi connectivity index (χ4v) is 3.19. The molecule has 1 N–H and O–H groups in total. The number of nitrogens with zero attached hydrogens (tertiary/aromatic N) is 1. The van der Waals surface area contributed by atoms with Crippen LogP contribution >= 0.6 is 11.8 Å². The molecule has 1 aliphatic rings. The minimum Gasteiger partial charge on any atom is -0.362 e. The average molecular weight is 242 g/mol. The van der Waals surface area contributed by atoms with Gasteiger partial charge in [-0.3, -0.25) is 4.99 Å². The van der Waals surface area contributed by atoms with Crippen molar-refractivity contribution in [2.75, 3.05) is 6.54 Å². The van der Waals surface area contributed by atoms with Gasteiger partial charge < -0.3 is 5.32 Å². The number of hydrogen-bond acceptors (Lipinski definition) is 3. The molecule has 0 aromatic heterocycles. The first-order valence-corrected chi connectivity index (χ1v) is 7.61. The maximum absolute atomic E-state index is 4.57. The highest BCUT2D eigenvalue weighted by Crippen LogP contribution is 2.23. The SMILES string of the molecule is CCCCCC(C)NC1=NCC(CCC)S1. The zero-order valence-electron chi connectivity index (χ0n) is 11.0. The Labute approximate surface area is 105 Å². The number of aliphatic imine (C=N–C) groups is 1. The smallest absolute Gasteiger partial charge is 0.157 e. The number of amidine groups is 1. The van der Waals surface area contributed by atoms with Crippen LogP contribution in [0, 0.1) is 0 Å². The van der Waals surface area contributed by atoms with Crippen LogP contribution < -0.4 is 5.32 Å². The lowest BCUT2D eigenvalue weighted by Crippen LogP contribution is -2.29. The maximum atomic E-state index is 4.57. The third kappa shape index (κ3) is 5.24. The van der Waals surface area contributed by atoms with E-state index in [1.54, 1.807) is 0 Å². The largest absolute Gasteiger partial charge is 0.362 e. The molecule has 0 radical (unpaired) electrons. The lowest BCUT2D eigenvalue weighted by molar-refractivity contribution is 0.557. The van der Waals surface area contributed by atoms with Gasteiger partial charge in [0.1, 0.15) is 0 Å². The van der Waals surface area contributed by atoms with Crippen LogP contribution in [-0.2, 0) is 0 Å². The molecule has 0 spiro atoms. The number of hydrogen-bond donors (Lipinski definition) is 1. The standard InChI is InChI=1S/C13H26N2S/c1-4-6-7-9-11(3)15-13-14-10-12(16-13)8-5-2/h11-12H,4-10H2,1-3H3,(H,14,15). The van der Waals surface area contributed by atoms with E-state index in [-0.39, 0.29) is 0 Å². The van der Waals surface area contributed by atoms with E-state index < -0.39 is 0 Å². The third-order valence-corrected chi connectivity index (χ3v) is 4.13. The van der Waals surface area contributed by atoms with Gasteiger partial charge >= 0.3 is 0 Å². The minimum atomic E-state index is 0.582. The molecule has 2 nitrogen and oxygen atoms in total. The third-order valence-electron chi connectivity index (χ3n) is 2.94. The van der Waals surface area contributed by atoms with Crippen molar-refractivity contribution in [1.29, 1.82) is 0 Å². The van der Waals surface area contributed by atoms with Crippen molar-refractivity contribution in [2.24, 2.45) is 4.99 Å². The van der Waals surface area contributed by atoms with E-state index in [1.165, 1.54) is 43.7 Å². The molecule has 0 aromatic carbocycles. The Hall–Kier alpha value is -0.180. The van der Waals surface area contributed by atoms with Crippen molar-refractivity contribution in [3.05, 3.63) is 0 Å². The second-order valence-corrected chi connectivity index (χ2v) is 6.00. The molecule has 0 aromatic rings. The molecule has 0 amide bonds. The van der Waals surface area contributed by atoms with E-state index in [4.69, 9.17) is 0 Å². The highest BCUT2D eigenvalue weighted by Gasteiger charge is 2.19. The van der Waals surface area contributed by atoms with E-state index >= 15 is 0 Å². The predicted molar refractivity (Wildman–Crippen MR) is 75.3 cm³/mol. The normalized spacial score (nSPS) is 21.9. The Kier molecular flexibility index (Phi) is 6.93. The Balaban J connectivity index is 2.13. The van der Waals surface area contributed by atoms with E-state index in [1.807, 2.05) is 11.8 Å². The number of nitrogens with one attached hydrogen (secondary N) is 1. The Morgan fingerprint density at radius 3 is 2.88 bits per heavy atom. The van der Waals surface area contributed by atoms with Gasteiger partial charge in [0.15, 0.2) is 5.17 Å². The molecule has 0 fully saturated rings. The molecule has 16 heavy (non-hydrogen) atoms. The summed E-state index contributed by atoms with van der Waals surface area (Å²) in [6, 6.07) is 0.582. The molecule has 1 rings (SSSR count). The highest BCUT2D eigenvalue weighted by atomic mass is 32.2. The molecule has 0 saturated carbocycles. The van der Waals surface area contributed by atoms with Gasteiger partial charge in [0, 0.05) is 11.3 Å². The molecule has 3 heteroatoms. The molecule has 2 unspecified atom stereocenters. The lowest BCUT2D eigenvalue weighted by Gasteiger charge is -2.14. The second kappa shape index (κ2) is 7.99. The monoisotopic (exact) mass is 242 g/mol. The van der Waals surface area contributed by atoms with Crippen molar-refractivity contribution in [3.8, 4) is 0 Å². The van der Waals surface area contributed by atoms with Crippen LogP contribution in [0.15, 0.2) is 4.99 Å².